The van der Waals surface area contributed by atoms with Crippen LogP contribution in [0.2, 0.25) is 0 Å². The Morgan fingerprint density at radius 1 is 1.00 bits per heavy atom. The Morgan fingerprint density at radius 3 is 2.21 bits per heavy atom. The molecule has 0 rings (SSSR count). The van der Waals surface area contributed by atoms with E-state index >= 15 is 0 Å². The molecule has 0 aromatic rings. The van der Waals surface area contributed by atoms with Crippen LogP contribution in [-0.2, 0) is 0 Å². The summed E-state index contributed by atoms with van der Waals surface area (Å²) >= 11 is 0. The molecule has 14 heavy (non-hydrogen) atoms. The first-order chi connectivity index (χ1) is 6.85. The SMILES string of the molecule is [CH2]CCC(C=C)CCCCCCCC. The molecule has 1 atom stereocenters. The maximum Gasteiger partial charge on any atom is -0.0236 e. The van der Waals surface area contributed by atoms with Crippen LogP contribution in [0.3, 0.4) is 0 Å². The highest BCUT2D eigenvalue weighted by Gasteiger charge is 2.01. The first-order valence-corrected chi connectivity index (χ1v) is 6.27. The molecular formula is C14H27. The number of allylic oxidation sites excluding steroid dienone is 1. The molecule has 0 amide bonds. The zero-order chi connectivity index (χ0) is 10.6. The second kappa shape index (κ2) is 10.8. The van der Waals surface area contributed by atoms with Gasteiger partial charge in [-0.25, -0.2) is 0 Å². The molecule has 1 unspecified atom stereocenters. The lowest BCUT2D eigenvalue weighted by Gasteiger charge is -2.10. The molecule has 0 aliphatic carbocycles. The third-order valence-corrected chi connectivity index (χ3v) is 2.84. The minimum Gasteiger partial charge on any atom is -0.103 e. The fraction of sp³-hybridized carbons (Fsp3) is 0.786. The smallest absolute Gasteiger partial charge is 0.0236 e. The van der Waals surface area contributed by atoms with Crippen molar-refractivity contribution in [3.05, 3.63) is 19.6 Å². The molecule has 0 fully saturated rings. The summed E-state index contributed by atoms with van der Waals surface area (Å²) < 4.78 is 0. The topological polar surface area (TPSA) is 0 Å². The molecule has 0 aliphatic rings. The molecule has 0 heterocycles. The predicted octanol–water partition coefficient (Wildman–Crippen LogP) is 5.15. The van der Waals surface area contributed by atoms with Crippen LogP contribution in [0.1, 0.15) is 64.7 Å². The third kappa shape index (κ3) is 8.34. The maximum atomic E-state index is 3.89. The van der Waals surface area contributed by atoms with Crippen molar-refractivity contribution in [1.29, 1.82) is 0 Å². The Labute approximate surface area is 90.8 Å². The number of rotatable bonds is 10. The Morgan fingerprint density at radius 2 is 1.64 bits per heavy atom. The molecule has 0 heteroatoms. The van der Waals surface area contributed by atoms with Gasteiger partial charge in [0.15, 0.2) is 0 Å². The van der Waals surface area contributed by atoms with Crippen LogP contribution in [0.25, 0.3) is 0 Å². The average molecular weight is 195 g/mol. The van der Waals surface area contributed by atoms with E-state index in [1.807, 2.05) is 0 Å². The van der Waals surface area contributed by atoms with Gasteiger partial charge in [-0.15, -0.1) is 6.58 Å². The summed E-state index contributed by atoms with van der Waals surface area (Å²) in [6.07, 6.45) is 14.1. The van der Waals surface area contributed by atoms with Gasteiger partial charge >= 0.3 is 0 Å². The fourth-order valence-electron chi connectivity index (χ4n) is 1.83. The van der Waals surface area contributed by atoms with Crippen LogP contribution in [0, 0.1) is 12.8 Å². The fourth-order valence-corrected chi connectivity index (χ4v) is 1.83. The van der Waals surface area contributed by atoms with E-state index in [-0.39, 0.29) is 0 Å². The monoisotopic (exact) mass is 195 g/mol. The van der Waals surface area contributed by atoms with Gasteiger partial charge in [-0.05, 0) is 18.8 Å². The largest absolute Gasteiger partial charge is 0.103 e. The van der Waals surface area contributed by atoms with Gasteiger partial charge in [0, 0.05) is 0 Å². The van der Waals surface area contributed by atoms with Gasteiger partial charge in [-0.2, -0.15) is 0 Å². The summed E-state index contributed by atoms with van der Waals surface area (Å²) in [5.41, 5.74) is 0. The number of hydrogen-bond donors (Lipinski definition) is 0. The average Bonchev–Trinajstić information content (AvgIpc) is 2.21. The summed E-state index contributed by atoms with van der Waals surface area (Å²) in [4.78, 5) is 0. The van der Waals surface area contributed by atoms with Crippen molar-refractivity contribution in [3.63, 3.8) is 0 Å². The molecule has 0 aliphatic heterocycles. The molecule has 0 bridgehead atoms. The van der Waals surface area contributed by atoms with Crippen LogP contribution < -0.4 is 0 Å². The molecule has 0 N–H and O–H groups in total. The highest BCUT2D eigenvalue weighted by molar-refractivity contribution is 4.78. The van der Waals surface area contributed by atoms with Crippen molar-refractivity contribution < 1.29 is 0 Å². The van der Waals surface area contributed by atoms with Crippen molar-refractivity contribution >= 4 is 0 Å². The van der Waals surface area contributed by atoms with Crippen LogP contribution in [0.5, 0.6) is 0 Å². The van der Waals surface area contributed by atoms with E-state index < -0.39 is 0 Å². The lowest BCUT2D eigenvalue weighted by Crippen LogP contribution is -1.95. The summed E-state index contributed by atoms with van der Waals surface area (Å²) in [6.45, 7) is 10.0. The molecule has 0 saturated heterocycles. The highest BCUT2D eigenvalue weighted by atomic mass is 14.1. The molecule has 0 saturated carbocycles. The van der Waals surface area contributed by atoms with Crippen LogP contribution in [0.15, 0.2) is 12.7 Å². The van der Waals surface area contributed by atoms with E-state index in [2.05, 4.69) is 26.5 Å². The summed E-state index contributed by atoms with van der Waals surface area (Å²) in [6, 6.07) is 0. The van der Waals surface area contributed by atoms with Gasteiger partial charge in [0.05, 0.1) is 0 Å². The van der Waals surface area contributed by atoms with Crippen molar-refractivity contribution in [3.8, 4) is 0 Å². The van der Waals surface area contributed by atoms with Gasteiger partial charge < -0.3 is 0 Å². The third-order valence-electron chi connectivity index (χ3n) is 2.84. The first-order valence-electron chi connectivity index (χ1n) is 6.27. The van der Waals surface area contributed by atoms with Crippen LogP contribution >= 0.6 is 0 Å². The zero-order valence-corrected chi connectivity index (χ0v) is 9.93. The van der Waals surface area contributed by atoms with Gasteiger partial charge in [0.2, 0.25) is 0 Å². The van der Waals surface area contributed by atoms with Crippen LogP contribution in [-0.4, -0.2) is 0 Å². The Hall–Kier alpha value is -0.260. The summed E-state index contributed by atoms with van der Waals surface area (Å²) in [5.74, 6) is 0.721. The van der Waals surface area contributed by atoms with Crippen molar-refractivity contribution in [2.75, 3.05) is 0 Å². The second-order valence-electron chi connectivity index (χ2n) is 4.19. The lowest BCUT2D eigenvalue weighted by molar-refractivity contribution is 0.497. The molecule has 0 aromatic heterocycles. The quantitative estimate of drug-likeness (QED) is 0.334. The first kappa shape index (κ1) is 13.7. The predicted molar refractivity (Wildman–Crippen MR) is 66.3 cm³/mol. The summed E-state index contributed by atoms with van der Waals surface area (Å²) in [7, 11) is 0. The minimum absolute atomic E-state index is 0.721. The van der Waals surface area contributed by atoms with E-state index in [1.54, 1.807) is 0 Å². The van der Waals surface area contributed by atoms with Gasteiger partial charge in [-0.1, -0.05) is 64.9 Å². The zero-order valence-electron chi connectivity index (χ0n) is 9.93. The molecule has 0 spiro atoms. The highest BCUT2D eigenvalue weighted by Crippen LogP contribution is 2.17. The van der Waals surface area contributed by atoms with Crippen molar-refractivity contribution in [2.45, 2.75) is 64.7 Å². The molecule has 83 valence electrons. The Balaban J connectivity index is 3.20. The van der Waals surface area contributed by atoms with Gasteiger partial charge in [0.25, 0.3) is 0 Å². The van der Waals surface area contributed by atoms with E-state index in [0.717, 1.165) is 12.3 Å². The molecule has 0 nitrogen and oxygen atoms in total. The maximum absolute atomic E-state index is 3.89. The number of hydrogen-bond acceptors (Lipinski definition) is 0. The molecular weight excluding hydrogens is 168 g/mol. The normalized spacial score (nSPS) is 12.7. The second-order valence-corrected chi connectivity index (χ2v) is 4.19. The molecule has 1 radical (unpaired) electrons. The Kier molecular flexibility index (Phi) is 10.6. The lowest BCUT2D eigenvalue weighted by atomic mass is 9.96. The van der Waals surface area contributed by atoms with Gasteiger partial charge in [-0.3, -0.25) is 0 Å². The molecule has 0 aromatic carbocycles. The van der Waals surface area contributed by atoms with E-state index in [1.165, 1.54) is 51.4 Å². The van der Waals surface area contributed by atoms with Crippen molar-refractivity contribution in [2.24, 2.45) is 5.92 Å². The minimum atomic E-state index is 0.721. The van der Waals surface area contributed by atoms with Crippen molar-refractivity contribution in [1.82, 2.24) is 0 Å². The van der Waals surface area contributed by atoms with E-state index in [0.29, 0.717) is 0 Å². The van der Waals surface area contributed by atoms with E-state index in [9.17, 15) is 0 Å². The van der Waals surface area contributed by atoms with Gasteiger partial charge in [0.1, 0.15) is 0 Å². The van der Waals surface area contributed by atoms with Crippen LogP contribution in [0.4, 0.5) is 0 Å². The van der Waals surface area contributed by atoms with E-state index in [4.69, 9.17) is 0 Å². The number of unbranched alkanes of at least 4 members (excludes halogenated alkanes) is 5. The standard InChI is InChI=1S/C14H27/c1-4-7-8-9-10-11-13-14(6-3)12-5-2/h6,14H,2-5,7-13H2,1H3. The summed E-state index contributed by atoms with van der Waals surface area (Å²) in [5, 5.41) is 0. The Bertz CT molecular complexity index is 115.